The zero-order valence-corrected chi connectivity index (χ0v) is 17.7. The number of carbonyl (C=O) groups is 2. The lowest BCUT2D eigenvalue weighted by molar-refractivity contribution is -0.136. The highest BCUT2D eigenvalue weighted by molar-refractivity contribution is 5.86. The van der Waals surface area contributed by atoms with Crippen LogP contribution in [0.25, 0.3) is 18.2 Å². The van der Waals surface area contributed by atoms with Crippen molar-refractivity contribution in [3.05, 3.63) is 116 Å². The minimum Gasteiger partial charge on any atom is -0.478 e. The summed E-state index contributed by atoms with van der Waals surface area (Å²) < 4.78 is 4.27. The van der Waals surface area contributed by atoms with Gasteiger partial charge in [-0.05, 0) is 23.6 Å². The van der Waals surface area contributed by atoms with Gasteiger partial charge in [0.25, 0.3) is 0 Å². The average Bonchev–Trinajstić information content (AvgIpc) is 2.79. The van der Waals surface area contributed by atoms with Crippen molar-refractivity contribution < 1.29 is 19.4 Å². The predicted octanol–water partition coefficient (Wildman–Crippen LogP) is 6.29. The number of aliphatic carboxylic acids is 1. The normalized spacial score (nSPS) is 8.07. The van der Waals surface area contributed by atoms with Gasteiger partial charge < -0.3 is 9.84 Å². The molecule has 0 unspecified atom stereocenters. The van der Waals surface area contributed by atoms with E-state index in [1.165, 1.54) is 12.7 Å². The fourth-order valence-corrected chi connectivity index (χ4v) is 1.65. The Hall–Kier alpha value is -3.92. The molecule has 0 aliphatic carbocycles. The number of hydrogen-bond donors (Lipinski definition) is 1. The summed E-state index contributed by atoms with van der Waals surface area (Å²) in [5.41, 5.74) is 3.88. The van der Waals surface area contributed by atoms with Gasteiger partial charge in [-0.3, -0.25) is 0 Å². The number of hydrogen-bond acceptors (Lipinski definition) is 3. The highest BCUT2D eigenvalue weighted by atomic mass is 16.5. The molecule has 0 radical (unpaired) electrons. The third-order valence-corrected chi connectivity index (χ3v) is 3.18. The summed E-state index contributed by atoms with van der Waals surface area (Å²) in [6.45, 7) is 18.9. The smallest absolute Gasteiger partial charge is 0.332 e. The second kappa shape index (κ2) is 18.4. The third kappa shape index (κ3) is 15.2. The lowest BCUT2D eigenvalue weighted by atomic mass is 10.1. The maximum absolute atomic E-state index is 10.2. The van der Waals surface area contributed by atoms with Crippen LogP contribution in [0.1, 0.15) is 23.6 Å². The van der Waals surface area contributed by atoms with Crippen molar-refractivity contribution in [2.24, 2.45) is 0 Å². The fraction of sp³-hybridized carbons (Fsp3) is 0.0769. The van der Waals surface area contributed by atoms with E-state index in [0.717, 1.165) is 17.2 Å². The molecule has 1 N–H and O–H groups in total. The van der Waals surface area contributed by atoms with E-state index < -0.39 is 5.97 Å². The van der Waals surface area contributed by atoms with Gasteiger partial charge in [-0.15, -0.1) is 0 Å². The van der Waals surface area contributed by atoms with Crippen LogP contribution in [0.5, 0.6) is 0 Å². The Kier molecular flexibility index (Phi) is 17.4. The van der Waals surface area contributed by atoms with Crippen molar-refractivity contribution in [3.8, 4) is 0 Å². The van der Waals surface area contributed by atoms with E-state index in [1.807, 2.05) is 72.8 Å². The first-order valence-corrected chi connectivity index (χ1v) is 8.87. The van der Waals surface area contributed by atoms with Gasteiger partial charge >= 0.3 is 11.9 Å². The summed E-state index contributed by atoms with van der Waals surface area (Å²) in [5.74, 6) is -1.33. The molecule has 0 bridgehead atoms. The van der Waals surface area contributed by atoms with Crippen LogP contribution in [-0.2, 0) is 14.3 Å². The van der Waals surface area contributed by atoms with Gasteiger partial charge in [-0.1, -0.05) is 106 Å². The third-order valence-electron chi connectivity index (χ3n) is 3.18. The molecule has 0 saturated heterocycles. The quantitative estimate of drug-likeness (QED) is 0.468. The Morgan fingerprint density at radius 2 is 1.23 bits per heavy atom. The largest absolute Gasteiger partial charge is 0.478 e. The predicted molar refractivity (Wildman–Crippen MR) is 128 cm³/mol. The molecule has 0 aromatic heterocycles. The Bertz CT molecular complexity index is 806. The molecule has 2 aromatic rings. The van der Waals surface area contributed by atoms with Gasteiger partial charge in [0.05, 0.1) is 7.11 Å². The van der Waals surface area contributed by atoms with Crippen molar-refractivity contribution in [1.82, 2.24) is 0 Å². The minimum absolute atomic E-state index is 0.347. The molecule has 30 heavy (non-hydrogen) atoms. The van der Waals surface area contributed by atoms with E-state index in [4.69, 9.17) is 5.11 Å². The minimum atomic E-state index is -0.981. The Morgan fingerprint density at radius 3 is 1.43 bits per heavy atom. The Balaban J connectivity index is 0. The zero-order valence-electron chi connectivity index (χ0n) is 17.7. The first kappa shape index (κ1) is 28.3. The summed E-state index contributed by atoms with van der Waals surface area (Å²) in [4.78, 5) is 19.4. The number of benzene rings is 2. The van der Waals surface area contributed by atoms with Crippen LogP contribution in [-0.4, -0.2) is 24.2 Å². The fourth-order valence-electron chi connectivity index (χ4n) is 1.65. The van der Waals surface area contributed by atoms with E-state index >= 15 is 0 Å². The van der Waals surface area contributed by atoms with Crippen molar-refractivity contribution in [3.63, 3.8) is 0 Å². The van der Waals surface area contributed by atoms with Gasteiger partial charge in [-0.25, -0.2) is 9.59 Å². The van der Waals surface area contributed by atoms with Gasteiger partial charge in [0, 0.05) is 11.6 Å². The van der Waals surface area contributed by atoms with E-state index in [2.05, 4.69) is 37.6 Å². The maximum atomic E-state index is 10.2. The standard InChI is InChI=1S/C10H10.C8H8.C5H8O2.C3H4O2/c1-3-9-7-5-6-8-10(9)4-2;1-2-8-6-4-3-5-7-8;1-4(2)5(6)7-3;1-2-3(4)5/h3-8H,1-2H2;2-7H,1H2;1H2,2-3H3;2H,1H2,(H,4,5). The number of methoxy groups -OCH3 is 1. The lowest BCUT2D eigenvalue weighted by Crippen LogP contribution is -1.98. The molecule has 0 amide bonds. The van der Waals surface area contributed by atoms with E-state index in [1.54, 1.807) is 6.92 Å². The Morgan fingerprint density at radius 1 is 0.833 bits per heavy atom. The molecular weight excluding hydrogens is 376 g/mol. The number of carboxylic acids is 1. The molecular formula is C26H30O4. The Labute approximate surface area is 179 Å². The highest BCUT2D eigenvalue weighted by Crippen LogP contribution is 2.10. The first-order chi connectivity index (χ1) is 14.3. The molecule has 4 heteroatoms. The SMILES string of the molecule is C=C(C)C(=O)OC.C=CC(=O)O.C=Cc1ccccc1.C=Cc1ccccc1C=C. The monoisotopic (exact) mass is 406 g/mol. The van der Waals surface area contributed by atoms with Crippen LogP contribution in [0.4, 0.5) is 0 Å². The summed E-state index contributed by atoms with van der Waals surface area (Å²) in [5, 5.41) is 7.60. The van der Waals surface area contributed by atoms with Crippen molar-refractivity contribution in [1.29, 1.82) is 0 Å². The van der Waals surface area contributed by atoms with E-state index in [9.17, 15) is 9.59 Å². The molecule has 158 valence electrons. The van der Waals surface area contributed by atoms with Crippen LogP contribution in [0.3, 0.4) is 0 Å². The highest BCUT2D eigenvalue weighted by Gasteiger charge is 1.95. The van der Waals surface area contributed by atoms with Crippen molar-refractivity contribution in [2.75, 3.05) is 7.11 Å². The number of rotatable bonds is 5. The molecule has 0 spiro atoms. The number of ether oxygens (including phenoxy) is 1. The van der Waals surface area contributed by atoms with E-state index in [-0.39, 0.29) is 5.97 Å². The topological polar surface area (TPSA) is 63.6 Å². The van der Waals surface area contributed by atoms with Crippen molar-refractivity contribution in [2.45, 2.75) is 6.92 Å². The van der Waals surface area contributed by atoms with Crippen LogP contribution in [0.2, 0.25) is 0 Å². The molecule has 0 saturated carbocycles. The molecule has 0 heterocycles. The van der Waals surface area contributed by atoms with E-state index in [0.29, 0.717) is 5.57 Å². The summed E-state index contributed by atoms with van der Waals surface area (Å²) in [7, 11) is 1.33. The molecule has 0 atom stereocenters. The number of carbonyl (C=O) groups excluding carboxylic acids is 1. The van der Waals surface area contributed by atoms with Gasteiger partial charge in [-0.2, -0.15) is 0 Å². The second-order valence-corrected chi connectivity index (χ2v) is 5.47. The average molecular weight is 407 g/mol. The van der Waals surface area contributed by atoms with Gasteiger partial charge in [0.1, 0.15) is 0 Å². The first-order valence-electron chi connectivity index (χ1n) is 8.87. The van der Waals surface area contributed by atoms with Crippen molar-refractivity contribution >= 4 is 30.2 Å². The number of carboxylic acid groups (broad SMARTS) is 1. The number of esters is 1. The lowest BCUT2D eigenvalue weighted by Gasteiger charge is -1.96. The molecule has 2 aromatic carbocycles. The molecule has 0 aliphatic heterocycles. The summed E-state index contributed by atoms with van der Waals surface area (Å²) in [6.07, 6.45) is 6.33. The van der Waals surface area contributed by atoms with Gasteiger partial charge in [0.2, 0.25) is 0 Å². The van der Waals surface area contributed by atoms with Gasteiger partial charge in [0.15, 0.2) is 0 Å². The van der Waals surface area contributed by atoms with Crippen LogP contribution in [0, 0.1) is 0 Å². The van der Waals surface area contributed by atoms with Crippen LogP contribution in [0.15, 0.2) is 99.1 Å². The summed E-state index contributed by atoms with van der Waals surface area (Å²) >= 11 is 0. The molecule has 2 rings (SSSR count). The zero-order chi connectivity index (χ0) is 23.4. The molecule has 4 nitrogen and oxygen atoms in total. The molecule has 0 fully saturated rings. The molecule has 0 aliphatic rings. The maximum Gasteiger partial charge on any atom is 0.332 e. The second-order valence-electron chi connectivity index (χ2n) is 5.47. The van der Waals surface area contributed by atoms with Crippen LogP contribution < -0.4 is 0 Å². The summed E-state index contributed by atoms with van der Waals surface area (Å²) in [6, 6.07) is 18.0. The van der Waals surface area contributed by atoms with Crippen LogP contribution >= 0.6 is 0 Å².